The van der Waals surface area contributed by atoms with Crippen LogP contribution in [0.4, 0.5) is 5.69 Å². The first-order valence-electron chi connectivity index (χ1n) is 6.88. The average Bonchev–Trinajstić information content (AvgIpc) is 2.90. The van der Waals surface area contributed by atoms with Crippen LogP contribution in [-0.4, -0.2) is 12.3 Å². The Morgan fingerprint density at radius 1 is 1.17 bits per heavy atom. The molecule has 1 aromatic rings. The maximum absolute atomic E-state index is 5.74. The Hall–Kier alpha value is -1.38. The van der Waals surface area contributed by atoms with Crippen LogP contribution in [0.1, 0.15) is 39.5 Å². The van der Waals surface area contributed by atoms with Crippen LogP contribution in [0.3, 0.4) is 0 Å². The van der Waals surface area contributed by atoms with Crippen LogP contribution in [0.5, 0.6) is 11.5 Å². The van der Waals surface area contributed by atoms with Gasteiger partial charge in [0.05, 0.1) is 0 Å². The number of anilines is 1. The van der Waals surface area contributed by atoms with Crippen molar-refractivity contribution in [3.05, 3.63) is 18.2 Å². The Morgan fingerprint density at radius 2 is 1.89 bits per heavy atom. The third-order valence-electron chi connectivity index (χ3n) is 3.72. The summed E-state index contributed by atoms with van der Waals surface area (Å²) in [4.78, 5) is 0. The molecule has 3 nitrogen and oxygen atoms in total. The minimum atomic E-state index is -0.535. The highest BCUT2D eigenvalue weighted by Gasteiger charge is 2.31. The van der Waals surface area contributed by atoms with Crippen molar-refractivity contribution < 1.29 is 9.47 Å². The molecule has 18 heavy (non-hydrogen) atoms. The van der Waals surface area contributed by atoms with Crippen molar-refractivity contribution in [2.45, 2.75) is 45.3 Å². The fraction of sp³-hybridized carbons (Fsp3) is 0.600. The van der Waals surface area contributed by atoms with Crippen LogP contribution in [-0.2, 0) is 0 Å². The molecular weight excluding hydrogens is 226 g/mol. The molecule has 0 radical (unpaired) electrons. The molecule has 3 rings (SSSR count). The van der Waals surface area contributed by atoms with Gasteiger partial charge >= 0.3 is 0 Å². The molecule has 98 valence electrons. The van der Waals surface area contributed by atoms with E-state index >= 15 is 0 Å². The molecule has 0 bridgehead atoms. The van der Waals surface area contributed by atoms with Gasteiger partial charge in [-0.3, -0.25) is 0 Å². The number of fused-ring (bicyclic) bond motifs is 1. The summed E-state index contributed by atoms with van der Waals surface area (Å²) in [6, 6.07) is 6.10. The zero-order valence-corrected chi connectivity index (χ0v) is 11.2. The van der Waals surface area contributed by atoms with E-state index in [9.17, 15) is 0 Å². The smallest absolute Gasteiger partial charge is 0.246 e. The standard InChI is InChI=1S/C15H21NO2/c1-15(2)17-13-8-7-12(9-14(13)18-15)16-10-11-5-3-4-6-11/h7-9,11,16H,3-6,10H2,1-2H3. The molecule has 2 aliphatic rings. The third-order valence-corrected chi connectivity index (χ3v) is 3.72. The molecule has 1 aliphatic heterocycles. The quantitative estimate of drug-likeness (QED) is 0.881. The minimum absolute atomic E-state index is 0.535. The highest BCUT2D eigenvalue weighted by Crippen LogP contribution is 2.40. The number of nitrogens with one attached hydrogen (secondary N) is 1. The maximum atomic E-state index is 5.74. The summed E-state index contributed by atoms with van der Waals surface area (Å²) in [5, 5.41) is 3.51. The van der Waals surface area contributed by atoms with E-state index < -0.39 is 5.79 Å². The van der Waals surface area contributed by atoms with Gasteiger partial charge in [0.15, 0.2) is 11.5 Å². The SMILES string of the molecule is CC1(C)Oc2ccc(NCC3CCCC3)cc2O1. The fourth-order valence-corrected chi connectivity index (χ4v) is 2.81. The second-order valence-electron chi connectivity index (χ2n) is 5.80. The highest BCUT2D eigenvalue weighted by atomic mass is 16.7. The minimum Gasteiger partial charge on any atom is -0.449 e. The summed E-state index contributed by atoms with van der Waals surface area (Å²) in [7, 11) is 0. The summed E-state index contributed by atoms with van der Waals surface area (Å²) in [5.41, 5.74) is 1.13. The average molecular weight is 247 g/mol. The van der Waals surface area contributed by atoms with Gasteiger partial charge in [-0.15, -0.1) is 0 Å². The van der Waals surface area contributed by atoms with Crippen molar-refractivity contribution in [2.75, 3.05) is 11.9 Å². The summed E-state index contributed by atoms with van der Waals surface area (Å²) in [5.74, 6) is 1.99. The molecule has 1 heterocycles. The van der Waals surface area contributed by atoms with E-state index in [0.717, 1.165) is 29.6 Å². The maximum Gasteiger partial charge on any atom is 0.246 e. The second-order valence-corrected chi connectivity index (χ2v) is 5.80. The van der Waals surface area contributed by atoms with Crippen molar-refractivity contribution in [3.8, 4) is 11.5 Å². The lowest BCUT2D eigenvalue weighted by Gasteiger charge is -2.16. The van der Waals surface area contributed by atoms with Gasteiger partial charge in [0.2, 0.25) is 5.79 Å². The van der Waals surface area contributed by atoms with Gasteiger partial charge in [-0.05, 0) is 30.9 Å². The molecular formula is C15H21NO2. The fourth-order valence-electron chi connectivity index (χ4n) is 2.81. The van der Waals surface area contributed by atoms with Gasteiger partial charge in [0.1, 0.15) is 0 Å². The lowest BCUT2D eigenvalue weighted by atomic mass is 10.1. The van der Waals surface area contributed by atoms with Crippen LogP contribution in [0.15, 0.2) is 18.2 Å². The van der Waals surface area contributed by atoms with Crippen molar-refractivity contribution in [2.24, 2.45) is 5.92 Å². The zero-order chi connectivity index (χ0) is 12.6. The first-order valence-corrected chi connectivity index (χ1v) is 6.88. The molecule has 1 aliphatic carbocycles. The van der Waals surface area contributed by atoms with Gasteiger partial charge in [-0.25, -0.2) is 0 Å². The Balaban J connectivity index is 1.64. The van der Waals surface area contributed by atoms with Crippen LogP contribution in [0.2, 0.25) is 0 Å². The predicted octanol–water partition coefficient (Wildman–Crippen LogP) is 3.80. The second kappa shape index (κ2) is 4.38. The molecule has 0 unspecified atom stereocenters. The first-order chi connectivity index (χ1) is 8.62. The van der Waals surface area contributed by atoms with Gasteiger partial charge in [0.25, 0.3) is 0 Å². The van der Waals surface area contributed by atoms with Crippen molar-refractivity contribution in [3.63, 3.8) is 0 Å². The summed E-state index contributed by atoms with van der Waals surface area (Å²) < 4.78 is 11.4. The van der Waals surface area contributed by atoms with Crippen LogP contribution in [0.25, 0.3) is 0 Å². The van der Waals surface area contributed by atoms with Crippen LogP contribution < -0.4 is 14.8 Å². The monoisotopic (exact) mass is 247 g/mol. The third kappa shape index (κ3) is 2.40. The number of rotatable bonds is 3. The van der Waals surface area contributed by atoms with E-state index in [2.05, 4.69) is 11.4 Å². The Morgan fingerprint density at radius 3 is 2.67 bits per heavy atom. The van der Waals surface area contributed by atoms with E-state index in [1.165, 1.54) is 25.7 Å². The zero-order valence-electron chi connectivity index (χ0n) is 11.2. The van der Waals surface area contributed by atoms with E-state index in [0.29, 0.717) is 0 Å². The summed E-state index contributed by atoms with van der Waals surface area (Å²) in [6.45, 7) is 4.93. The molecule has 1 N–H and O–H groups in total. The van der Waals surface area contributed by atoms with Crippen LogP contribution >= 0.6 is 0 Å². The van der Waals surface area contributed by atoms with E-state index in [4.69, 9.17) is 9.47 Å². The Labute approximate surface area is 108 Å². The number of hydrogen-bond acceptors (Lipinski definition) is 3. The molecule has 1 aromatic carbocycles. The topological polar surface area (TPSA) is 30.5 Å². The molecule has 0 atom stereocenters. The normalized spacial score (nSPS) is 21.2. The summed E-state index contributed by atoms with van der Waals surface area (Å²) in [6.07, 6.45) is 5.51. The van der Waals surface area contributed by atoms with Gasteiger partial charge in [-0.1, -0.05) is 12.8 Å². The molecule has 0 aromatic heterocycles. The Bertz CT molecular complexity index is 436. The molecule has 0 amide bonds. The lowest BCUT2D eigenvalue weighted by Crippen LogP contribution is -2.29. The predicted molar refractivity (Wildman–Crippen MR) is 72.2 cm³/mol. The molecule has 0 spiro atoms. The van der Waals surface area contributed by atoms with Gasteiger partial charge in [-0.2, -0.15) is 0 Å². The van der Waals surface area contributed by atoms with Crippen molar-refractivity contribution in [1.29, 1.82) is 0 Å². The number of ether oxygens (including phenoxy) is 2. The highest BCUT2D eigenvalue weighted by molar-refractivity contribution is 5.56. The first kappa shape index (κ1) is 11.7. The summed E-state index contributed by atoms with van der Waals surface area (Å²) >= 11 is 0. The van der Waals surface area contributed by atoms with E-state index in [1.54, 1.807) is 0 Å². The van der Waals surface area contributed by atoms with E-state index in [1.807, 2.05) is 26.0 Å². The molecule has 0 saturated heterocycles. The molecule has 1 fully saturated rings. The Kier molecular flexibility index (Phi) is 2.84. The lowest BCUT2D eigenvalue weighted by molar-refractivity contribution is -0.0431. The van der Waals surface area contributed by atoms with Gasteiger partial charge < -0.3 is 14.8 Å². The molecule has 1 saturated carbocycles. The van der Waals surface area contributed by atoms with E-state index in [-0.39, 0.29) is 0 Å². The van der Waals surface area contributed by atoms with Crippen molar-refractivity contribution in [1.82, 2.24) is 0 Å². The number of hydrogen-bond donors (Lipinski definition) is 1. The molecule has 3 heteroatoms. The van der Waals surface area contributed by atoms with Gasteiger partial charge in [0, 0.05) is 32.1 Å². The van der Waals surface area contributed by atoms with Crippen LogP contribution in [0, 0.1) is 5.92 Å². The van der Waals surface area contributed by atoms with Crippen molar-refractivity contribution >= 4 is 5.69 Å². The largest absolute Gasteiger partial charge is 0.449 e. The number of benzene rings is 1.